The number of carbonyl (C=O) groups is 1. The number of ether oxygens (including phenoxy) is 1. The van der Waals surface area contributed by atoms with Gasteiger partial charge in [-0.25, -0.2) is 4.79 Å². The van der Waals surface area contributed by atoms with Crippen molar-refractivity contribution in [3.05, 3.63) is 34.3 Å². The molecule has 0 bridgehead atoms. The van der Waals surface area contributed by atoms with Gasteiger partial charge in [0, 0.05) is 17.6 Å². The largest absolute Gasteiger partial charge is 0.464 e. The normalized spacial score (nSPS) is 14.0. The van der Waals surface area contributed by atoms with Crippen molar-refractivity contribution >= 4 is 21.9 Å². The van der Waals surface area contributed by atoms with Crippen LogP contribution in [0.5, 0.6) is 0 Å². The topological polar surface area (TPSA) is 41.6 Å². The van der Waals surface area contributed by atoms with Crippen molar-refractivity contribution in [3.8, 4) is 0 Å². The number of halogens is 1. The third-order valence-electron chi connectivity index (χ3n) is 3.46. The van der Waals surface area contributed by atoms with Crippen molar-refractivity contribution < 1.29 is 9.53 Å². The summed E-state index contributed by atoms with van der Waals surface area (Å²) in [6.45, 7) is 5.78. The van der Waals surface area contributed by atoms with Crippen molar-refractivity contribution in [2.75, 3.05) is 33.8 Å². The van der Waals surface area contributed by atoms with Crippen LogP contribution in [0, 0.1) is 0 Å². The summed E-state index contributed by atoms with van der Waals surface area (Å²) in [5, 5.41) is 3.41. The van der Waals surface area contributed by atoms with Crippen LogP contribution in [0.2, 0.25) is 0 Å². The van der Waals surface area contributed by atoms with Gasteiger partial charge in [-0.1, -0.05) is 35.0 Å². The molecule has 5 heteroatoms. The summed E-state index contributed by atoms with van der Waals surface area (Å²) in [5.41, 5.74) is 0.132. The van der Waals surface area contributed by atoms with Crippen LogP contribution < -0.4 is 5.32 Å². The highest BCUT2D eigenvalue weighted by atomic mass is 79.9. The van der Waals surface area contributed by atoms with Gasteiger partial charge in [0.05, 0.1) is 6.61 Å². The Labute approximate surface area is 136 Å². The van der Waals surface area contributed by atoms with Gasteiger partial charge in [0.15, 0.2) is 0 Å². The summed E-state index contributed by atoms with van der Waals surface area (Å²) in [7, 11) is 4.03. The zero-order valence-corrected chi connectivity index (χ0v) is 14.9. The number of esters is 1. The summed E-state index contributed by atoms with van der Waals surface area (Å²) < 4.78 is 6.27. The molecule has 1 aromatic carbocycles. The second-order valence-corrected chi connectivity index (χ2v) is 6.14. The second-order valence-electron chi connectivity index (χ2n) is 5.22. The van der Waals surface area contributed by atoms with Crippen LogP contribution in [0.15, 0.2) is 28.7 Å². The molecule has 0 spiro atoms. The summed E-state index contributed by atoms with van der Waals surface area (Å²) in [6, 6.07) is 7.84. The molecule has 21 heavy (non-hydrogen) atoms. The minimum absolute atomic E-state index is 0.218. The predicted octanol–water partition coefficient (Wildman–Crippen LogP) is 2.77. The lowest BCUT2D eigenvalue weighted by Gasteiger charge is -2.32. The van der Waals surface area contributed by atoms with Gasteiger partial charge in [0.1, 0.15) is 5.54 Å². The van der Waals surface area contributed by atoms with Crippen molar-refractivity contribution in [1.82, 2.24) is 10.2 Å². The van der Waals surface area contributed by atoms with Gasteiger partial charge in [-0.3, -0.25) is 5.32 Å². The second kappa shape index (κ2) is 8.51. The molecule has 0 aliphatic carbocycles. The van der Waals surface area contributed by atoms with E-state index in [1.807, 2.05) is 52.2 Å². The molecule has 0 saturated heterocycles. The number of nitrogens with one attached hydrogen (secondary N) is 1. The van der Waals surface area contributed by atoms with E-state index < -0.39 is 5.54 Å². The molecule has 0 radical (unpaired) electrons. The number of hydrogen-bond acceptors (Lipinski definition) is 4. The molecule has 1 unspecified atom stereocenters. The smallest absolute Gasteiger partial charge is 0.330 e. The summed E-state index contributed by atoms with van der Waals surface area (Å²) >= 11 is 3.48. The van der Waals surface area contributed by atoms with Gasteiger partial charge < -0.3 is 9.64 Å². The molecule has 0 amide bonds. The lowest BCUT2D eigenvalue weighted by Crippen LogP contribution is -2.51. The molecular weight excluding hydrogens is 332 g/mol. The average molecular weight is 357 g/mol. The van der Waals surface area contributed by atoms with Gasteiger partial charge >= 0.3 is 5.97 Å². The maximum absolute atomic E-state index is 12.6. The standard InChI is InChI=1S/C16H25BrN2O2/c1-5-16(15(20)21-6-2,18-10-11-19(3)4)13-8-7-9-14(17)12-13/h7-9,12,18H,5-6,10-11H2,1-4H3. The predicted molar refractivity (Wildman–Crippen MR) is 89.3 cm³/mol. The van der Waals surface area contributed by atoms with Crippen molar-refractivity contribution in [1.29, 1.82) is 0 Å². The van der Waals surface area contributed by atoms with E-state index in [2.05, 4.69) is 26.1 Å². The zero-order valence-electron chi connectivity index (χ0n) is 13.3. The van der Waals surface area contributed by atoms with Crippen molar-refractivity contribution in [2.24, 2.45) is 0 Å². The molecule has 0 heterocycles. The van der Waals surface area contributed by atoms with Crippen LogP contribution in [0.4, 0.5) is 0 Å². The fourth-order valence-corrected chi connectivity index (χ4v) is 2.67. The van der Waals surface area contributed by atoms with E-state index in [1.54, 1.807) is 0 Å². The first-order chi connectivity index (χ1) is 9.96. The molecular formula is C16H25BrN2O2. The van der Waals surface area contributed by atoms with Crippen LogP contribution in [0.3, 0.4) is 0 Å². The first-order valence-corrected chi connectivity index (χ1v) is 8.08. The van der Waals surface area contributed by atoms with Gasteiger partial charge in [-0.05, 0) is 45.1 Å². The SMILES string of the molecule is CCOC(=O)C(CC)(NCCN(C)C)c1cccc(Br)c1. The molecule has 0 aliphatic rings. The number of carbonyl (C=O) groups excluding carboxylic acids is 1. The maximum Gasteiger partial charge on any atom is 0.330 e. The molecule has 0 fully saturated rings. The Kier molecular flexibility index (Phi) is 7.35. The number of hydrogen-bond donors (Lipinski definition) is 1. The Balaban J connectivity index is 3.09. The highest BCUT2D eigenvalue weighted by molar-refractivity contribution is 9.10. The first kappa shape index (κ1) is 18.1. The van der Waals surface area contributed by atoms with E-state index in [0.29, 0.717) is 19.6 Å². The van der Waals surface area contributed by atoms with Crippen LogP contribution in [0.25, 0.3) is 0 Å². The minimum atomic E-state index is -0.796. The zero-order chi connectivity index (χ0) is 15.9. The average Bonchev–Trinajstić information content (AvgIpc) is 2.43. The molecule has 1 rings (SSSR count). The van der Waals surface area contributed by atoms with Gasteiger partial charge in [-0.2, -0.15) is 0 Å². The number of benzene rings is 1. The van der Waals surface area contributed by atoms with E-state index in [9.17, 15) is 4.79 Å². The molecule has 1 aromatic rings. The highest BCUT2D eigenvalue weighted by Gasteiger charge is 2.39. The maximum atomic E-state index is 12.6. The van der Waals surface area contributed by atoms with E-state index in [0.717, 1.165) is 16.6 Å². The van der Waals surface area contributed by atoms with Crippen LogP contribution in [-0.2, 0) is 15.1 Å². The van der Waals surface area contributed by atoms with Gasteiger partial charge in [-0.15, -0.1) is 0 Å². The Bertz CT molecular complexity index is 465. The molecule has 0 aromatic heterocycles. The quantitative estimate of drug-likeness (QED) is 0.727. The van der Waals surface area contributed by atoms with Crippen molar-refractivity contribution in [2.45, 2.75) is 25.8 Å². The Morgan fingerprint density at radius 1 is 1.38 bits per heavy atom. The van der Waals surface area contributed by atoms with E-state index in [-0.39, 0.29) is 5.97 Å². The van der Waals surface area contributed by atoms with Crippen LogP contribution in [-0.4, -0.2) is 44.7 Å². The summed E-state index contributed by atoms with van der Waals surface area (Å²) in [6.07, 6.45) is 0.635. The fraction of sp³-hybridized carbons (Fsp3) is 0.562. The van der Waals surface area contributed by atoms with E-state index in [1.165, 1.54) is 0 Å². The van der Waals surface area contributed by atoms with Crippen molar-refractivity contribution in [3.63, 3.8) is 0 Å². The molecule has 118 valence electrons. The number of likely N-dealkylation sites (N-methyl/N-ethyl adjacent to an activating group) is 1. The molecule has 1 N–H and O–H groups in total. The van der Waals surface area contributed by atoms with E-state index >= 15 is 0 Å². The Morgan fingerprint density at radius 3 is 2.62 bits per heavy atom. The molecule has 0 saturated carbocycles. The molecule has 1 atom stereocenters. The minimum Gasteiger partial charge on any atom is -0.464 e. The van der Waals surface area contributed by atoms with Crippen LogP contribution >= 0.6 is 15.9 Å². The van der Waals surface area contributed by atoms with E-state index in [4.69, 9.17) is 4.74 Å². The number of rotatable bonds is 8. The lowest BCUT2D eigenvalue weighted by atomic mass is 9.87. The third-order valence-corrected chi connectivity index (χ3v) is 3.95. The number of nitrogens with zero attached hydrogens (tertiary/aromatic N) is 1. The van der Waals surface area contributed by atoms with Gasteiger partial charge in [0.25, 0.3) is 0 Å². The first-order valence-electron chi connectivity index (χ1n) is 7.29. The molecule has 4 nitrogen and oxygen atoms in total. The highest BCUT2D eigenvalue weighted by Crippen LogP contribution is 2.29. The summed E-state index contributed by atoms with van der Waals surface area (Å²) in [4.78, 5) is 14.7. The lowest BCUT2D eigenvalue weighted by molar-refractivity contribution is -0.152. The monoisotopic (exact) mass is 356 g/mol. The van der Waals surface area contributed by atoms with Crippen LogP contribution in [0.1, 0.15) is 25.8 Å². The Hall–Kier alpha value is -0.910. The fourth-order valence-electron chi connectivity index (χ4n) is 2.27. The summed E-state index contributed by atoms with van der Waals surface area (Å²) in [5.74, 6) is -0.218. The third kappa shape index (κ3) is 4.80. The molecule has 0 aliphatic heterocycles. The Morgan fingerprint density at radius 2 is 2.10 bits per heavy atom. The van der Waals surface area contributed by atoms with Gasteiger partial charge in [0.2, 0.25) is 0 Å².